The van der Waals surface area contributed by atoms with Crippen molar-refractivity contribution in [2.45, 2.75) is 23.6 Å². The molecule has 206 valence electrons. The Morgan fingerprint density at radius 2 is 1.65 bits per heavy atom. The molecule has 0 aliphatic rings. The monoisotopic (exact) mass is 582 g/mol. The highest BCUT2D eigenvalue weighted by Crippen LogP contribution is 2.33. The maximum Gasteiger partial charge on any atom is 0.339 e. The van der Waals surface area contributed by atoms with Crippen molar-refractivity contribution >= 4 is 50.6 Å². The summed E-state index contributed by atoms with van der Waals surface area (Å²) < 4.78 is 34.7. The molecule has 0 amide bonds. The van der Waals surface area contributed by atoms with Gasteiger partial charge in [-0.3, -0.25) is 10.1 Å². The van der Waals surface area contributed by atoms with Crippen LogP contribution in [-0.2, 0) is 19.5 Å². The van der Waals surface area contributed by atoms with Gasteiger partial charge in [-0.25, -0.2) is 5.26 Å². The number of hydrogen-bond donors (Lipinski definition) is 2. The first kappa shape index (κ1) is 28.7. The first-order chi connectivity index (χ1) is 19.1. The van der Waals surface area contributed by atoms with Crippen LogP contribution in [0.1, 0.15) is 11.1 Å². The van der Waals surface area contributed by atoms with E-state index in [2.05, 4.69) is 24.9 Å². The number of nitro benzene ring substituents is 1. The van der Waals surface area contributed by atoms with Crippen molar-refractivity contribution < 1.29 is 32.2 Å². The van der Waals surface area contributed by atoms with Crippen LogP contribution in [0.15, 0.2) is 105 Å². The van der Waals surface area contributed by atoms with Gasteiger partial charge in [-0.2, -0.15) is 18.6 Å². The summed E-state index contributed by atoms with van der Waals surface area (Å²) in [7, 11) is -3.97. The molecular weight excluding hydrogens is 560 g/mol. The van der Waals surface area contributed by atoms with Crippen LogP contribution in [0.3, 0.4) is 0 Å². The fourth-order valence-electron chi connectivity index (χ4n) is 3.42. The highest BCUT2D eigenvalue weighted by atomic mass is 32.2. The Balaban J connectivity index is 1.42. The summed E-state index contributed by atoms with van der Waals surface area (Å²) in [5, 5.41) is 34.7. The average molecular weight is 583 g/mol. The zero-order valence-corrected chi connectivity index (χ0v) is 22.7. The van der Waals surface area contributed by atoms with E-state index in [-0.39, 0.29) is 22.0 Å². The highest BCUT2D eigenvalue weighted by molar-refractivity contribution is 7.94. The molecule has 4 aromatic carbocycles. The molecule has 0 atom stereocenters. The maximum absolute atomic E-state index is 12.5. The second-order valence-corrected chi connectivity index (χ2v) is 10.7. The van der Waals surface area contributed by atoms with Crippen molar-refractivity contribution in [3.63, 3.8) is 0 Å². The average Bonchev–Trinajstić information content (AvgIpc) is 2.92. The molecule has 0 saturated carbocycles. The van der Waals surface area contributed by atoms with E-state index in [1.54, 1.807) is 61.5 Å². The molecule has 0 saturated heterocycles. The minimum absolute atomic E-state index is 0.0610. The molecule has 0 bridgehead atoms. The number of nitrogens with one attached hydrogen (secondary N) is 1. The van der Waals surface area contributed by atoms with Gasteiger partial charge in [0.2, 0.25) is 0 Å². The van der Waals surface area contributed by atoms with Gasteiger partial charge in [0.25, 0.3) is 5.69 Å². The van der Waals surface area contributed by atoms with Crippen molar-refractivity contribution in [3.8, 4) is 5.75 Å². The smallest absolute Gasteiger partial charge is 0.339 e. The molecule has 4 aromatic rings. The third-order valence-electron chi connectivity index (χ3n) is 5.43. The summed E-state index contributed by atoms with van der Waals surface area (Å²) in [4.78, 5) is 11.3. The van der Waals surface area contributed by atoms with Crippen LogP contribution in [0, 0.1) is 24.0 Å². The highest BCUT2D eigenvalue weighted by Gasteiger charge is 2.17. The second kappa shape index (κ2) is 12.7. The number of anilines is 2. The van der Waals surface area contributed by atoms with E-state index < -0.39 is 15.0 Å². The molecular formula is C26H22N4O8S2. The Bertz CT molecular complexity index is 1640. The number of rotatable bonds is 11. The van der Waals surface area contributed by atoms with Gasteiger partial charge in [-0.05, 0) is 86.1 Å². The number of nitrogens with zero attached hydrogens (tertiary/aromatic N) is 3. The van der Waals surface area contributed by atoms with Gasteiger partial charge in [0.1, 0.15) is 16.3 Å². The number of benzene rings is 4. The summed E-state index contributed by atoms with van der Waals surface area (Å²) in [5.74, 6) is 0.155. The number of azo groups is 1. The molecule has 12 nitrogen and oxygen atoms in total. The Hall–Kier alpha value is -4.34. The fourth-order valence-corrected chi connectivity index (χ4v) is 4.74. The van der Waals surface area contributed by atoms with E-state index in [0.29, 0.717) is 39.6 Å². The maximum atomic E-state index is 12.5. The van der Waals surface area contributed by atoms with Gasteiger partial charge < -0.3 is 9.50 Å². The molecule has 0 spiro atoms. The van der Waals surface area contributed by atoms with Gasteiger partial charge in [0.15, 0.2) is 0 Å². The molecule has 0 aliphatic heterocycles. The lowest BCUT2D eigenvalue weighted by Gasteiger charge is -2.09. The summed E-state index contributed by atoms with van der Waals surface area (Å²) in [6.45, 7) is 3.62. The molecule has 0 heterocycles. The van der Waals surface area contributed by atoms with Gasteiger partial charge >= 0.3 is 10.1 Å². The largest absolute Gasteiger partial charge is 0.379 e. The third-order valence-corrected chi connectivity index (χ3v) is 7.27. The molecule has 0 aliphatic carbocycles. The minimum atomic E-state index is -3.97. The third kappa shape index (κ3) is 7.40. The Morgan fingerprint density at radius 3 is 2.30 bits per heavy atom. The second-order valence-electron chi connectivity index (χ2n) is 8.33. The van der Waals surface area contributed by atoms with Gasteiger partial charge in [0, 0.05) is 16.6 Å². The first-order valence-corrected chi connectivity index (χ1v) is 13.6. The zero-order valence-electron chi connectivity index (χ0n) is 21.0. The van der Waals surface area contributed by atoms with Crippen LogP contribution in [0.25, 0.3) is 0 Å². The van der Waals surface area contributed by atoms with Crippen LogP contribution in [0.5, 0.6) is 5.75 Å². The molecule has 2 N–H and O–H groups in total. The number of hydrogen-bond acceptors (Lipinski definition) is 12. The SMILES string of the molecule is Cc1ccc(S(=O)(=O)Oc2ccc(N=Nc3ccc(Nc4ccc(SOOO)cc4[N+](=O)[O-])cc3)c(C)c2)cc1. The Kier molecular flexibility index (Phi) is 9.08. The van der Waals surface area contributed by atoms with Crippen molar-refractivity contribution in [1.82, 2.24) is 0 Å². The quantitative estimate of drug-likeness (QED) is 0.0450. The molecule has 14 heteroatoms. The van der Waals surface area contributed by atoms with E-state index in [9.17, 15) is 18.5 Å². The van der Waals surface area contributed by atoms with E-state index >= 15 is 0 Å². The van der Waals surface area contributed by atoms with Gasteiger partial charge in [0.05, 0.1) is 28.3 Å². The normalized spacial score (nSPS) is 11.5. The fraction of sp³-hybridized carbons (Fsp3) is 0.0769. The summed E-state index contributed by atoms with van der Waals surface area (Å²) in [6.07, 6.45) is 0. The Morgan fingerprint density at radius 1 is 0.925 bits per heavy atom. The predicted octanol–water partition coefficient (Wildman–Crippen LogP) is 7.57. The van der Waals surface area contributed by atoms with Crippen LogP contribution in [0.4, 0.5) is 28.4 Å². The van der Waals surface area contributed by atoms with Gasteiger partial charge in [-0.15, -0.1) is 4.33 Å². The molecule has 0 aromatic heterocycles. The molecule has 40 heavy (non-hydrogen) atoms. The van der Waals surface area contributed by atoms with Gasteiger partial charge in [-0.1, -0.05) is 22.7 Å². The van der Waals surface area contributed by atoms with Crippen LogP contribution >= 0.6 is 12.0 Å². The van der Waals surface area contributed by atoms with E-state index in [0.717, 1.165) is 5.56 Å². The number of nitro groups is 1. The standard InChI is InChI=1S/C26H22N4O8S2/c1-17-3-11-23(12-4-17)40(34,35)36-21-9-13-24(18(2)15-21)29-28-20-7-5-19(6-8-20)27-25-14-10-22(39-38-37-33)16-26(25)30(31)32/h3-16,27,33H,1-2H3. The minimum Gasteiger partial charge on any atom is -0.379 e. The lowest BCUT2D eigenvalue weighted by atomic mass is 10.2. The van der Waals surface area contributed by atoms with E-state index in [4.69, 9.17) is 9.44 Å². The number of aryl methyl sites for hydroxylation is 2. The summed E-state index contributed by atoms with van der Waals surface area (Å²) in [6, 6.07) is 22.1. The van der Waals surface area contributed by atoms with E-state index in [1.807, 2.05) is 6.92 Å². The molecule has 0 fully saturated rings. The topological polar surface area (TPSA) is 162 Å². The molecule has 0 radical (unpaired) electrons. The lowest BCUT2D eigenvalue weighted by molar-refractivity contribution is -0.432. The molecule has 4 rings (SSSR count). The van der Waals surface area contributed by atoms with Crippen molar-refractivity contribution in [3.05, 3.63) is 106 Å². The predicted molar refractivity (Wildman–Crippen MR) is 148 cm³/mol. The lowest BCUT2D eigenvalue weighted by Crippen LogP contribution is -2.09. The zero-order chi connectivity index (χ0) is 28.7. The van der Waals surface area contributed by atoms with Crippen LogP contribution in [0.2, 0.25) is 0 Å². The first-order valence-electron chi connectivity index (χ1n) is 11.5. The van der Waals surface area contributed by atoms with Crippen molar-refractivity contribution in [2.24, 2.45) is 10.2 Å². The summed E-state index contributed by atoms with van der Waals surface area (Å²) in [5.41, 5.74) is 3.25. The van der Waals surface area contributed by atoms with Crippen LogP contribution < -0.4 is 9.50 Å². The molecule has 0 unspecified atom stereocenters. The van der Waals surface area contributed by atoms with E-state index in [1.165, 1.54) is 30.3 Å². The summed E-state index contributed by atoms with van der Waals surface area (Å²) >= 11 is 0.615. The van der Waals surface area contributed by atoms with Crippen molar-refractivity contribution in [1.29, 1.82) is 0 Å². The van der Waals surface area contributed by atoms with Crippen molar-refractivity contribution in [2.75, 3.05) is 5.32 Å². The Labute approximate surface area is 233 Å². The van der Waals surface area contributed by atoms with Crippen LogP contribution in [-0.4, -0.2) is 18.6 Å².